The minimum Gasteiger partial charge on any atom is -0.192 e. The first kappa shape index (κ1) is 11.5. The lowest BCUT2D eigenvalue weighted by Gasteiger charge is -2.04. The highest BCUT2D eigenvalue weighted by Crippen LogP contribution is 2.18. The number of nitrogens with zero attached hydrogens (tertiary/aromatic N) is 1. The molecule has 0 aliphatic carbocycles. The van der Waals surface area contributed by atoms with Crippen molar-refractivity contribution in [2.45, 2.75) is 6.42 Å². The van der Waals surface area contributed by atoms with Crippen molar-refractivity contribution in [1.82, 2.24) is 0 Å². The quantitative estimate of drug-likeness (QED) is 0.614. The van der Waals surface area contributed by atoms with E-state index >= 15 is 0 Å². The maximum absolute atomic E-state index is 8.92. The fourth-order valence-corrected chi connectivity index (χ4v) is 1.68. The predicted molar refractivity (Wildman–Crippen MR) is 65.5 cm³/mol. The fourth-order valence-electron chi connectivity index (χ4n) is 1.12. The molecule has 0 heterocycles. The molecule has 0 amide bonds. The van der Waals surface area contributed by atoms with Crippen molar-refractivity contribution in [2.24, 2.45) is 0 Å². The number of halogens is 2. The molecular weight excluding hydrogens is 306 g/mol. The summed E-state index contributed by atoms with van der Waals surface area (Å²) in [5.74, 6) is 0. The number of benzene rings is 1. The smallest absolute Gasteiger partial charge is 0.0995 e. The largest absolute Gasteiger partial charge is 0.192 e. The van der Waals surface area contributed by atoms with Crippen molar-refractivity contribution in [2.75, 3.05) is 5.33 Å². The van der Waals surface area contributed by atoms with E-state index in [0.717, 1.165) is 27.4 Å². The third kappa shape index (κ3) is 2.97. The van der Waals surface area contributed by atoms with Gasteiger partial charge in [0.2, 0.25) is 0 Å². The Bertz CT molecular complexity index is 391. The molecule has 1 aromatic rings. The highest BCUT2D eigenvalue weighted by molar-refractivity contribution is 9.10. The van der Waals surface area contributed by atoms with Crippen molar-refractivity contribution < 1.29 is 0 Å². The van der Waals surface area contributed by atoms with Crippen LogP contribution in [0, 0.1) is 11.3 Å². The number of nitriles is 1. The fraction of sp³-hybridized carbons (Fsp3) is 0.182. The second-order valence-corrected chi connectivity index (χ2v) is 4.45. The Morgan fingerprint density at radius 3 is 2.79 bits per heavy atom. The van der Waals surface area contributed by atoms with Gasteiger partial charge in [0.15, 0.2) is 0 Å². The van der Waals surface area contributed by atoms with E-state index in [4.69, 9.17) is 5.26 Å². The molecule has 0 N–H and O–H groups in total. The molecule has 0 radical (unpaired) electrons. The highest BCUT2D eigenvalue weighted by Gasteiger charge is 2.03. The van der Waals surface area contributed by atoms with Gasteiger partial charge < -0.3 is 0 Å². The van der Waals surface area contributed by atoms with Crippen LogP contribution < -0.4 is 0 Å². The summed E-state index contributed by atoms with van der Waals surface area (Å²) in [6.45, 7) is 3.90. The molecule has 0 aromatic heterocycles. The minimum absolute atomic E-state index is 0.710. The summed E-state index contributed by atoms with van der Waals surface area (Å²) in [6.07, 6.45) is 0.751. The second-order valence-electron chi connectivity index (χ2n) is 2.97. The van der Waals surface area contributed by atoms with Gasteiger partial charge in [-0.2, -0.15) is 5.26 Å². The van der Waals surface area contributed by atoms with Crippen molar-refractivity contribution >= 4 is 31.9 Å². The lowest BCUT2D eigenvalue weighted by molar-refractivity contribution is 1.15. The standard InChI is InChI=1S/C11H9Br2N/c1-8(6-12)4-9-2-3-11(13)5-10(9)7-14/h2-3,5H,1,4,6H2. The zero-order valence-corrected chi connectivity index (χ0v) is 10.7. The van der Waals surface area contributed by atoms with Gasteiger partial charge in [0, 0.05) is 9.80 Å². The van der Waals surface area contributed by atoms with Gasteiger partial charge in [-0.1, -0.05) is 50.1 Å². The molecule has 72 valence electrons. The zero-order chi connectivity index (χ0) is 10.6. The van der Waals surface area contributed by atoms with Crippen LogP contribution in [-0.4, -0.2) is 5.33 Å². The van der Waals surface area contributed by atoms with Crippen LogP contribution in [0.5, 0.6) is 0 Å². The molecule has 1 nitrogen and oxygen atoms in total. The number of allylic oxidation sites excluding steroid dienone is 1. The average Bonchev–Trinajstić information content (AvgIpc) is 2.20. The second kappa shape index (κ2) is 5.33. The Hall–Kier alpha value is -0.590. The summed E-state index contributed by atoms with van der Waals surface area (Å²) >= 11 is 6.68. The lowest BCUT2D eigenvalue weighted by Crippen LogP contribution is -1.94. The number of hydrogen-bond donors (Lipinski definition) is 0. The summed E-state index contributed by atoms with van der Waals surface area (Å²) < 4.78 is 0.933. The molecule has 3 heteroatoms. The van der Waals surface area contributed by atoms with Gasteiger partial charge in [-0.25, -0.2) is 0 Å². The number of alkyl halides is 1. The highest BCUT2D eigenvalue weighted by atomic mass is 79.9. The first-order valence-electron chi connectivity index (χ1n) is 4.08. The summed E-state index contributed by atoms with van der Waals surface area (Å²) in [5, 5.41) is 9.69. The monoisotopic (exact) mass is 313 g/mol. The van der Waals surface area contributed by atoms with Crippen molar-refractivity contribution in [3.63, 3.8) is 0 Å². The molecule has 0 atom stereocenters. The topological polar surface area (TPSA) is 23.8 Å². The maximum atomic E-state index is 8.92. The van der Waals surface area contributed by atoms with E-state index in [0.29, 0.717) is 5.56 Å². The van der Waals surface area contributed by atoms with E-state index in [-0.39, 0.29) is 0 Å². The van der Waals surface area contributed by atoms with Crippen LogP contribution >= 0.6 is 31.9 Å². The van der Waals surface area contributed by atoms with Crippen LogP contribution in [-0.2, 0) is 6.42 Å². The van der Waals surface area contributed by atoms with Gasteiger partial charge in [0.1, 0.15) is 0 Å². The molecule has 1 aromatic carbocycles. The maximum Gasteiger partial charge on any atom is 0.0995 e. The molecule has 1 rings (SSSR count). The van der Waals surface area contributed by atoms with E-state index in [1.165, 1.54) is 0 Å². The molecule has 0 aliphatic heterocycles. The van der Waals surface area contributed by atoms with Gasteiger partial charge >= 0.3 is 0 Å². The Morgan fingerprint density at radius 1 is 1.50 bits per heavy atom. The minimum atomic E-state index is 0.710. The molecule has 0 aliphatic rings. The summed E-state index contributed by atoms with van der Waals surface area (Å²) in [4.78, 5) is 0. The van der Waals surface area contributed by atoms with Gasteiger partial charge in [-0.15, -0.1) is 0 Å². The van der Waals surface area contributed by atoms with E-state index in [1.807, 2.05) is 18.2 Å². The Morgan fingerprint density at radius 2 is 2.21 bits per heavy atom. The molecule has 0 bridgehead atoms. The molecule has 0 fully saturated rings. The third-order valence-electron chi connectivity index (χ3n) is 1.82. The van der Waals surface area contributed by atoms with Gasteiger partial charge in [0.25, 0.3) is 0 Å². The molecule has 0 saturated carbocycles. The Labute approximate surface area is 101 Å². The van der Waals surface area contributed by atoms with Crippen molar-refractivity contribution in [3.05, 3.63) is 46.0 Å². The van der Waals surface area contributed by atoms with Gasteiger partial charge in [-0.3, -0.25) is 0 Å². The van der Waals surface area contributed by atoms with E-state index in [9.17, 15) is 0 Å². The Kier molecular flexibility index (Phi) is 4.37. The molecule has 14 heavy (non-hydrogen) atoms. The summed E-state index contributed by atoms with van der Waals surface area (Å²) in [7, 11) is 0. The molecule has 0 spiro atoms. The normalized spacial score (nSPS) is 9.50. The average molecular weight is 315 g/mol. The van der Waals surface area contributed by atoms with Crippen LogP contribution in [0.4, 0.5) is 0 Å². The van der Waals surface area contributed by atoms with Crippen LogP contribution in [0.25, 0.3) is 0 Å². The summed E-state index contributed by atoms with van der Waals surface area (Å²) in [5.41, 5.74) is 2.81. The SMILES string of the molecule is C=C(CBr)Cc1ccc(Br)cc1C#N. The first-order valence-corrected chi connectivity index (χ1v) is 6.00. The van der Waals surface area contributed by atoms with Crippen LogP contribution in [0.1, 0.15) is 11.1 Å². The predicted octanol–water partition coefficient (Wildman–Crippen LogP) is 3.81. The zero-order valence-electron chi connectivity index (χ0n) is 7.56. The van der Waals surface area contributed by atoms with E-state index in [2.05, 4.69) is 44.5 Å². The van der Waals surface area contributed by atoms with Crippen LogP contribution in [0.3, 0.4) is 0 Å². The van der Waals surface area contributed by atoms with E-state index < -0.39 is 0 Å². The van der Waals surface area contributed by atoms with Crippen LogP contribution in [0.2, 0.25) is 0 Å². The lowest BCUT2D eigenvalue weighted by atomic mass is 10.0. The van der Waals surface area contributed by atoms with Crippen molar-refractivity contribution in [3.8, 4) is 6.07 Å². The molecular formula is C11H9Br2N. The molecule has 0 unspecified atom stereocenters. The van der Waals surface area contributed by atoms with Gasteiger partial charge in [-0.05, 0) is 24.1 Å². The summed E-state index contributed by atoms with van der Waals surface area (Å²) in [6, 6.07) is 7.91. The third-order valence-corrected chi connectivity index (χ3v) is 3.11. The van der Waals surface area contributed by atoms with Gasteiger partial charge in [0.05, 0.1) is 11.6 Å². The Balaban J connectivity index is 2.98. The van der Waals surface area contributed by atoms with E-state index in [1.54, 1.807) is 0 Å². The number of rotatable bonds is 3. The van der Waals surface area contributed by atoms with Crippen molar-refractivity contribution in [1.29, 1.82) is 5.26 Å². The van der Waals surface area contributed by atoms with Crippen LogP contribution in [0.15, 0.2) is 34.8 Å². The first-order chi connectivity index (χ1) is 6.67. The molecule has 0 saturated heterocycles. The number of hydrogen-bond acceptors (Lipinski definition) is 1.